The molecule has 0 aliphatic carbocycles. The van der Waals surface area contributed by atoms with Crippen molar-refractivity contribution in [1.82, 2.24) is 9.80 Å². The first-order valence-electron chi connectivity index (χ1n) is 5.13. The summed E-state index contributed by atoms with van der Waals surface area (Å²) >= 11 is 0. The molecule has 16 heavy (non-hydrogen) atoms. The Hall–Kier alpha value is -2.03. The Bertz CT molecular complexity index is 434. The predicted molar refractivity (Wildman–Crippen MR) is 63.5 cm³/mol. The third kappa shape index (κ3) is 1.98. The number of hydrogen-bond acceptors (Lipinski definition) is 3. The van der Waals surface area contributed by atoms with Gasteiger partial charge in [0.2, 0.25) is 0 Å². The lowest BCUT2D eigenvalue weighted by molar-refractivity contribution is 0.104. The molecule has 0 N–H and O–H groups in total. The molecule has 0 bridgehead atoms. The molecule has 1 aromatic carbocycles. The van der Waals surface area contributed by atoms with E-state index in [2.05, 4.69) is 0 Å². The monoisotopic (exact) mass is 214 g/mol. The van der Waals surface area contributed by atoms with Crippen molar-refractivity contribution < 1.29 is 4.79 Å². The third-order valence-corrected chi connectivity index (χ3v) is 2.56. The Morgan fingerprint density at radius 1 is 1.06 bits per heavy atom. The molecule has 0 fully saturated rings. The maximum Gasteiger partial charge on any atom is 0.189 e. The fourth-order valence-corrected chi connectivity index (χ4v) is 1.61. The lowest BCUT2D eigenvalue weighted by Gasteiger charge is -2.17. The minimum Gasteiger partial charge on any atom is -0.336 e. The fraction of sp³-hybridized carbons (Fsp3) is 0.154. The molecule has 2 rings (SSSR count). The van der Waals surface area contributed by atoms with Gasteiger partial charge in [-0.25, -0.2) is 0 Å². The van der Waals surface area contributed by atoms with Crippen molar-refractivity contribution in [2.45, 2.75) is 0 Å². The fourth-order valence-electron chi connectivity index (χ4n) is 1.61. The second kappa shape index (κ2) is 4.23. The van der Waals surface area contributed by atoms with E-state index in [0.29, 0.717) is 5.56 Å². The molecule has 0 aromatic heterocycles. The van der Waals surface area contributed by atoms with E-state index < -0.39 is 0 Å². The Labute approximate surface area is 95.3 Å². The van der Waals surface area contributed by atoms with E-state index >= 15 is 0 Å². The lowest BCUT2D eigenvalue weighted by Crippen LogP contribution is -2.17. The molecule has 3 heteroatoms. The van der Waals surface area contributed by atoms with Gasteiger partial charge < -0.3 is 9.80 Å². The van der Waals surface area contributed by atoms with Gasteiger partial charge in [-0.15, -0.1) is 0 Å². The van der Waals surface area contributed by atoms with Gasteiger partial charge in [-0.2, -0.15) is 0 Å². The molecule has 1 aromatic rings. The highest BCUT2D eigenvalue weighted by atomic mass is 16.1. The van der Waals surface area contributed by atoms with Gasteiger partial charge in [-0.05, 0) is 0 Å². The van der Waals surface area contributed by atoms with Crippen LogP contribution >= 0.6 is 0 Å². The van der Waals surface area contributed by atoms with E-state index in [1.807, 2.05) is 66.6 Å². The van der Waals surface area contributed by atoms with Crippen LogP contribution in [-0.4, -0.2) is 29.7 Å². The molecular weight excluding hydrogens is 200 g/mol. The van der Waals surface area contributed by atoms with E-state index in [1.54, 1.807) is 6.08 Å². The van der Waals surface area contributed by atoms with Crippen LogP contribution in [-0.2, 0) is 0 Å². The smallest absolute Gasteiger partial charge is 0.189 e. The molecule has 0 atom stereocenters. The van der Waals surface area contributed by atoms with Gasteiger partial charge in [-0.1, -0.05) is 30.3 Å². The number of nitrogens with zero attached hydrogens (tertiary/aromatic N) is 2. The summed E-state index contributed by atoms with van der Waals surface area (Å²) in [6.07, 6.45) is 5.49. The van der Waals surface area contributed by atoms with Crippen LogP contribution in [0.3, 0.4) is 0 Å². The number of hydrogen-bond donors (Lipinski definition) is 0. The zero-order valence-corrected chi connectivity index (χ0v) is 9.42. The van der Waals surface area contributed by atoms with E-state index in [1.165, 1.54) is 0 Å². The highest BCUT2D eigenvalue weighted by Gasteiger charge is 2.14. The summed E-state index contributed by atoms with van der Waals surface area (Å²) in [4.78, 5) is 15.8. The van der Waals surface area contributed by atoms with Gasteiger partial charge in [0, 0.05) is 38.1 Å². The van der Waals surface area contributed by atoms with Crippen LogP contribution in [0.15, 0.2) is 54.6 Å². The largest absolute Gasteiger partial charge is 0.336 e. The summed E-state index contributed by atoms with van der Waals surface area (Å²) in [5, 5.41) is 0. The third-order valence-electron chi connectivity index (χ3n) is 2.56. The number of rotatable bonds is 2. The van der Waals surface area contributed by atoms with Crippen molar-refractivity contribution in [3.05, 3.63) is 60.2 Å². The van der Waals surface area contributed by atoms with Gasteiger partial charge in [0.05, 0.1) is 0 Å². The zero-order valence-electron chi connectivity index (χ0n) is 9.42. The highest BCUT2D eigenvalue weighted by Crippen LogP contribution is 2.16. The summed E-state index contributed by atoms with van der Waals surface area (Å²) in [5.74, 6) is 0.909. The number of ketones is 1. The molecule has 82 valence electrons. The summed E-state index contributed by atoms with van der Waals surface area (Å²) < 4.78 is 0. The van der Waals surface area contributed by atoms with Crippen LogP contribution in [0.2, 0.25) is 0 Å². The second-order valence-corrected chi connectivity index (χ2v) is 3.75. The molecule has 0 amide bonds. The normalized spacial score (nSPS) is 14.5. The molecule has 1 aliphatic rings. The van der Waals surface area contributed by atoms with Gasteiger partial charge in [0.25, 0.3) is 0 Å². The average molecular weight is 214 g/mol. The van der Waals surface area contributed by atoms with Crippen molar-refractivity contribution in [2.24, 2.45) is 0 Å². The molecule has 3 nitrogen and oxygen atoms in total. The highest BCUT2D eigenvalue weighted by molar-refractivity contribution is 6.04. The molecule has 0 spiro atoms. The zero-order chi connectivity index (χ0) is 11.5. The minimum absolute atomic E-state index is 0.0259. The van der Waals surface area contributed by atoms with Crippen LogP contribution in [0, 0.1) is 0 Å². The standard InChI is InChI=1S/C13H14N2O/c1-14-8-9-15(2)13(14)10-12(16)11-6-4-3-5-7-11/h3-10H,1-2H3. The minimum atomic E-state index is 0.0259. The first kappa shape index (κ1) is 10.5. The van der Waals surface area contributed by atoms with Gasteiger partial charge in [0.1, 0.15) is 5.82 Å². The summed E-state index contributed by atoms with van der Waals surface area (Å²) in [6.45, 7) is 0. The number of benzene rings is 1. The number of carbonyl (C=O) groups is 1. The maximum atomic E-state index is 11.9. The Morgan fingerprint density at radius 2 is 1.62 bits per heavy atom. The van der Waals surface area contributed by atoms with E-state index in [4.69, 9.17) is 0 Å². The first-order valence-corrected chi connectivity index (χ1v) is 5.13. The number of carbonyl (C=O) groups excluding carboxylic acids is 1. The van der Waals surface area contributed by atoms with Crippen LogP contribution in [0.25, 0.3) is 0 Å². The molecule has 1 aliphatic heterocycles. The van der Waals surface area contributed by atoms with Crippen molar-refractivity contribution in [1.29, 1.82) is 0 Å². The first-order chi connectivity index (χ1) is 7.68. The summed E-state index contributed by atoms with van der Waals surface area (Å²) in [5.41, 5.74) is 0.712. The van der Waals surface area contributed by atoms with E-state index in [-0.39, 0.29) is 5.78 Å². The molecule has 0 saturated carbocycles. The Kier molecular flexibility index (Phi) is 2.77. The van der Waals surface area contributed by atoms with Crippen LogP contribution < -0.4 is 0 Å². The van der Waals surface area contributed by atoms with Crippen molar-refractivity contribution >= 4 is 5.78 Å². The van der Waals surface area contributed by atoms with E-state index in [0.717, 1.165) is 5.82 Å². The Balaban J connectivity index is 2.22. The van der Waals surface area contributed by atoms with Crippen molar-refractivity contribution in [2.75, 3.05) is 14.1 Å². The van der Waals surface area contributed by atoms with E-state index in [9.17, 15) is 4.79 Å². The molecule has 1 heterocycles. The van der Waals surface area contributed by atoms with Gasteiger partial charge >= 0.3 is 0 Å². The van der Waals surface area contributed by atoms with Gasteiger partial charge in [0.15, 0.2) is 5.78 Å². The summed E-state index contributed by atoms with van der Waals surface area (Å²) in [6, 6.07) is 9.28. The van der Waals surface area contributed by atoms with Crippen molar-refractivity contribution in [3.8, 4) is 0 Å². The SMILES string of the molecule is CN1C=CN(C)C1=CC(=O)c1ccccc1. The average Bonchev–Trinajstić information content (AvgIpc) is 2.62. The van der Waals surface area contributed by atoms with Gasteiger partial charge in [-0.3, -0.25) is 4.79 Å². The maximum absolute atomic E-state index is 11.9. The Morgan fingerprint density at radius 3 is 2.19 bits per heavy atom. The van der Waals surface area contributed by atoms with Crippen LogP contribution in [0.1, 0.15) is 10.4 Å². The topological polar surface area (TPSA) is 23.6 Å². The number of allylic oxidation sites excluding steroid dienone is 1. The molecule has 0 saturated heterocycles. The second-order valence-electron chi connectivity index (χ2n) is 3.75. The van der Waals surface area contributed by atoms with Crippen LogP contribution in [0.4, 0.5) is 0 Å². The predicted octanol–water partition coefficient (Wildman–Crippen LogP) is 2.06. The molecular formula is C13H14N2O. The molecule has 0 radical (unpaired) electrons. The van der Waals surface area contributed by atoms with Crippen LogP contribution in [0.5, 0.6) is 0 Å². The molecule has 0 unspecified atom stereocenters. The quantitative estimate of drug-likeness (QED) is 0.556. The lowest BCUT2D eigenvalue weighted by atomic mass is 10.1. The van der Waals surface area contributed by atoms with Crippen molar-refractivity contribution in [3.63, 3.8) is 0 Å². The summed E-state index contributed by atoms with van der Waals surface area (Å²) in [7, 11) is 3.84.